The molecule has 2 aromatic rings. The lowest BCUT2D eigenvalue weighted by molar-refractivity contribution is 0.0609. The van der Waals surface area contributed by atoms with E-state index in [-0.39, 0.29) is 0 Å². The number of hydrogen-bond donors (Lipinski definition) is 1. The topological polar surface area (TPSA) is 20.2 Å². The summed E-state index contributed by atoms with van der Waals surface area (Å²) in [5.41, 5.74) is 2.92. The molecule has 1 nitrogen and oxygen atoms in total. The van der Waals surface area contributed by atoms with Crippen molar-refractivity contribution in [2.24, 2.45) is 0 Å². The molecule has 19 heavy (non-hydrogen) atoms. The van der Waals surface area contributed by atoms with E-state index in [4.69, 9.17) is 0 Å². The Balaban J connectivity index is 2.18. The Hall–Kier alpha value is -1.12. The molecule has 102 valence electrons. The fraction of sp³-hybridized carbons (Fsp3) is 0.412. The predicted octanol–water partition coefficient (Wildman–Crippen LogP) is 4.63. The van der Waals surface area contributed by atoms with Crippen molar-refractivity contribution in [3.05, 3.63) is 57.3 Å². The molecule has 0 bridgehead atoms. The van der Waals surface area contributed by atoms with Crippen LogP contribution >= 0.6 is 11.3 Å². The molecular formula is C17H22OS. The fourth-order valence-electron chi connectivity index (χ4n) is 2.42. The summed E-state index contributed by atoms with van der Waals surface area (Å²) >= 11 is 1.63. The number of hydrogen-bond acceptors (Lipinski definition) is 2. The van der Waals surface area contributed by atoms with Gasteiger partial charge in [0.2, 0.25) is 0 Å². The highest BCUT2D eigenvalue weighted by Gasteiger charge is 2.26. The summed E-state index contributed by atoms with van der Waals surface area (Å²) in [7, 11) is 0. The van der Waals surface area contributed by atoms with Gasteiger partial charge in [-0.3, -0.25) is 0 Å². The smallest absolute Gasteiger partial charge is 0.100 e. The van der Waals surface area contributed by atoms with Crippen LogP contribution < -0.4 is 0 Å². The van der Waals surface area contributed by atoms with Gasteiger partial charge in [-0.25, -0.2) is 0 Å². The van der Waals surface area contributed by atoms with Crippen LogP contribution in [0, 0.1) is 6.92 Å². The van der Waals surface area contributed by atoms with Crippen LogP contribution in [0.5, 0.6) is 0 Å². The van der Waals surface area contributed by atoms with Gasteiger partial charge >= 0.3 is 0 Å². The second-order valence-electron chi connectivity index (χ2n) is 5.78. The Labute approximate surface area is 119 Å². The maximum absolute atomic E-state index is 10.7. The summed E-state index contributed by atoms with van der Waals surface area (Å²) in [6, 6.07) is 10.7. The molecule has 1 aromatic heterocycles. The number of rotatable bonds is 4. The first kappa shape index (κ1) is 14.3. The molecular weight excluding hydrogens is 252 g/mol. The van der Waals surface area contributed by atoms with Gasteiger partial charge in [0.25, 0.3) is 0 Å². The van der Waals surface area contributed by atoms with Gasteiger partial charge in [-0.15, -0.1) is 11.3 Å². The van der Waals surface area contributed by atoms with Crippen LogP contribution in [-0.2, 0) is 12.0 Å². The zero-order valence-electron chi connectivity index (χ0n) is 12.1. The van der Waals surface area contributed by atoms with Crippen molar-refractivity contribution in [2.75, 3.05) is 0 Å². The fourth-order valence-corrected chi connectivity index (χ4v) is 3.41. The van der Waals surface area contributed by atoms with Gasteiger partial charge in [0, 0.05) is 11.3 Å². The maximum Gasteiger partial charge on any atom is 0.100 e. The third-order valence-corrected chi connectivity index (χ3v) is 4.82. The minimum Gasteiger partial charge on any atom is -0.384 e. The standard InChI is InChI=1S/C17H22OS/c1-12(2)15-7-5-14(6-8-15)11-17(4,18)16-13(3)9-10-19-16/h5-10,12,18H,11H2,1-4H3. The minimum atomic E-state index is -0.780. The molecule has 1 aromatic carbocycles. The van der Waals surface area contributed by atoms with Crippen molar-refractivity contribution >= 4 is 11.3 Å². The normalized spacial score (nSPS) is 14.6. The monoisotopic (exact) mass is 274 g/mol. The summed E-state index contributed by atoms with van der Waals surface area (Å²) in [6.07, 6.45) is 0.659. The average molecular weight is 274 g/mol. The average Bonchev–Trinajstić information content (AvgIpc) is 2.76. The number of aryl methyl sites for hydroxylation is 1. The van der Waals surface area contributed by atoms with Gasteiger partial charge in [0.15, 0.2) is 0 Å². The van der Waals surface area contributed by atoms with Crippen LogP contribution in [0.2, 0.25) is 0 Å². The molecule has 0 saturated carbocycles. The molecule has 0 aliphatic carbocycles. The maximum atomic E-state index is 10.7. The zero-order chi connectivity index (χ0) is 14.0. The third-order valence-electron chi connectivity index (χ3n) is 3.55. The third kappa shape index (κ3) is 3.26. The highest BCUT2D eigenvalue weighted by molar-refractivity contribution is 7.10. The van der Waals surface area contributed by atoms with E-state index >= 15 is 0 Å². The van der Waals surface area contributed by atoms with Gasteiger partial charge < -0.3 is 5.11 Å². The van der Waals surface area contributed by atoms with E-state index in [1.807, 2.05) is 12.3 Å². The van der Waals surface area contributed by atoms with Crippen molar-refractivity contribution in [1.82, 2.24) is 0 Å². The van der Waals surface area contributed by atoms with Crippen LogP contribution in [-0.4, -0.2) is 5.11 Å². The van der Waals surface area contributed by atoms with E-state index in [9.17, 15) is 5.11 Å². The van der Waals surface area contributed by atoms with E-state index in [2.05, 4.69) is 51.1 Å². The van der Waals surface area contributed by atoms with E-state index in [0.717, 1.165) is 4.88 Å². The van der Waals surface area contributed by atoms with Crippen molar-refractivity contribution in [3.8, 4) is 0 Å². The quantitative estimate of drug-likeness (QED) is 0.862. The van der Waals surface area contributed by atoms with Crippen molar-refractivity contribution in [3.63, 3.8) is 0 Å². The first-order chi connectivity index (χ1) is 8.90. The van der Waals surface area contributed by atoms with Crippen LogP contribution in [0.25, 0.3) is 0 Å². The lowest BCUT2D eigenvalue weighted by atomic mass is 9.92. The lowest BCUT2D eigenvalue weighted by Crippen LogP contribution is -2.23. The van der Waals surface area contributed by atoms with Gasteiger partial charge in [0.05, 0.1) is 0 Å². The molecule has 0 radical (unpaired) electrons. The van der Waals surface area contributed by atoms with E-state index in [1.54, 1.807) is 11.3 Å². The van der Waals surface area contributed by atoms with E-state index < -0.39 is 5.60 Å². The molecule has 1 heterocycles. The van der Waals surface area contributed by atoms with Crippen LogP contribution in [0.15, 0.2) is 35.7 Å². The molecule has 0 amide bonds. The lowest BCUT2D eigenvalue weighted by Gasteiger charge is -2.23. The molecule has 0 aliphatic rings. The van der Waals surface area contributed by atoms with Crippen molar-refractivity contribution in [2.45, 2.75) is 45.6 Å². The second-order valence-corrected chi connectivity index (χ2v) is 6.70. The largest absolute Gasteiger partial charge is 0.384 e. The summed E-state index contributed by atoms with van der Waals surface area (Å²) < 4.78 is 0. The van der Waals surface area contributed by atoms with E-state index in [1.165, 1.54) is 16.7 Å². The molecule has 1 atom stereocenters. The molecule has 2 heteroatoms. The van der Waals surface area contributed by atoms with E-state index in [0.29, 0.717) is 12.3 Å². The SMILES string of the molecule is Cc1ccsc1C(C)(O)Cc1ccc(C(C)C)cc1. The Kier molecular flexibility index (Phi) is 4.12. The van der Waals surface area contributed by atoms with Crippen LogP contribution in [0.4, 0.5) is 0 Å². The summed E-state index contributed by atoms with van der Waals surface area (Å²) in [4.78, 5) is 1.07. The Morgan fingerprint density at radius 3 is 2.26 bits per heavy atom. The van der Waals surface area contributed by atoms with Crippen LogP contribution in [0.1, 0.15) is 48.3 Å². The molecule has 1 N–H and O–H groups in total. The van der Waals surface area contributed by atoms with Crippen molar-refractivity contribution < 1.29 is 5.11 Å². The van der Waals surface area contributed by atoms with Gasteiger partial charge in [-0.1, -0.05) is 38.1 Å². The zero-order valence-corrected chi connectivity index (χ0v) is 12.9. The molecule has 0 fully saturated rings. The molecule has 1 unspecified atom stereocenters. The summed E-state index contributed by atoms with van der Waals surface area (Å²) in [5.74, 6) is 0.550. The first-order valence-electron chi connectivity index (χ1n) is 6.76. The van der Waals surface area contributed by atoms with Gasteiger partial charge in [0.1, 0.15) is 5.60 Å². The summed E-state index contributed by atoms with van der Waals surface area (Å²) in [6.45, 7) is 8.35. The minimum absolute atomic E-state index is 0.550. The Morgan fingerprint density at radius 1 is 1.16 bits per heavy atom. The van der Waals surface area contributed by atoms with Crippen LogP contribution in [0.3, 0.4) is 0 Å². The number of aliphatic hydroxyl groups is 1. The number of benzene rings is 1. The molecule has 0 aliphatic heterocycles. The Morgan fingerprint density at radius 2 is 1.79 bits per heavy atom. The van der Waals surface area contributed by atoms with Crippen molar-refractivity contribution in [1.29, 1.82) is 0 Å². The number of thiophene rings is 1. The highest BCUT2D eigenvalue weighted by atomic mass is 32.1. The molecule has 0 saturated heterocycles. The van der Waals surface area contributed by atoms with Gasteiger partial charge in [-0.2, -0.15) is 0 Å². The van der Waals surface area contributed by atoms with Gasteiger partial charge in [-0.05, 0) is 47.9 Å². The Bertz CT molecular complexity index is 535. The second kappa shape index (κ2) is 5.48. The molecule has 2 rings (SSSR count). The predicted molar refractivity (Wildman–Crippen MR) is 82.9 cm³/mol. The molecule has 0 spiro atoms. The highest BCUT2D eigenvalue weighted by Crippen LogP contribution is 2.32. The summed E-state index contributed by atoms with van der Waals surface area (Å²) in [5, 5.41) is 12.7. The first-order valence-corrected chi connectivity index (χ1v) is 7.64.